The highest BCUT2D eigenvalue weighted by atomic mass is 16.3. The van der Waals surface area contributed by atoms with Crippen LogP contribution in [0.25, 0.3) is 0 Å². The van der Waals surface area contributed by atoms with Gasteiger partial charge in [0.1, 0.15) is 5.82 Å². The maximum atomic E-state index is 12.3. The standard InChI is InChI=1S/C13H19N3O2/c1-15(2)12-8-10(5-6-14-12)13(18)16-7-3-4-11(17)9-16/h5-6,8,11,17H,3-4,7,9H2,1-2H3. The van der Waals surface area contributed by atoms with Crippen molar-refractivity contribution in [1.29, 1.82) is 0 Å². The van der Waals surface area contributed by atoms with Crippen LogP contribution in [0.2, 0.25) is 0 Å². The summed E-state index contributed by atoms with van der Waals surface area (Å²) in [6.07, 6.45) is 2.89. The number of carbonyl (C=O) groups is 1. The molecule has 0 spiro atoms. The third kappa shape index (κ3) is 2.79. The molecule has 0 aromatic carbocycles. The molecule has 18 heavy (non-hydrogen) atoms. The smallest absolute Gasteiger partial charge is 0.254 e. The lowest BCUT2D eigenvalue weighted by Crippen LogP contribution is -2.42. The number of β-amino-alcohol motifs (C(OH)–C–C–N with tert-alkyl or cyclic N) is 1. The number of aliphatic hydroxyl groups is 1. The molecule has 2 rings (SSSR count). The highest BCUT2D eigenvalue weighted by Gasteiger charge is 2.23. The summed E-state index contributed by atoms with van der Waals surface area (Å²) in [5, 5.41) is 9.60. The topological polar surface area (TPSA) is 56.7 Å². The second-order valence-electron chi connectivity index (χ2n) is 4.84. The first-order valence-corrected chi connectivity index (χ1v) is 6.18. The third-order valence-corrected chi connectivity index (χ3v) is 3.13. The zero-order valence-corrected chi connectivity index (χ0v) is 10.8. The molecule has 0 radical (unpaired) electrons. The Balaban J connectivity index is 2.15. The van der Waals surface area contributed by atoms with Crippen LogP contribution in [0.4, 0.5) is 5.82 Å². The van der Waals surface area contributed by atoms with E-state index in [9.17, 15) is 9.90 Å². The molecular formula is C13H19N3O2. The molecule has 1 aromatic heterocycles. The fourth-order valence-corrected chi connectivity index (χ4v) is 2.12. The van der Waals surface area contributed by atoms with Crippen LogP contribution in [-0.2, 0) is 0 Å². The van der Waals surface area contributed by atoms with Gasteiger partial charge in [-0.25, -0.2) is 4.98 Å². The van der Waals surface area contributed by atoms with Crippen molar-refractivity contribution >= 4 is 11.7 Å². The Morgan fingerprint density at radius 2 is 2.33 bits per heavy atom. The van der Waals surface area contributed by atoms with Gasteiger partial charge in [-0.3, -0.25) is 4.79 Å². The van der Waals surface area contributed by atoms with Crippen molar-refractivity contribution in [3.8, 4) is 0 Å². The molecule has 1 aliphatic heterocycles. The highest BCUT2D eigenvalue weighted by Crippen LogP contribution is 2.16. The lowest BCUT2D eigenvalue weighted by molar-refractivity contribution is 0.0473. The lowest BCUT2D eigenvalue weighted by atomic mass is 10.1. The van der Waals surface area contributed by atoms with Gasteiger partial charge in [0.15, 0.2) is 0 Å². The van der Waals surface area contributed by atoms with Crippen LogP contribution >= 0.6 is 0 Å². The maximum Gasteiger partial charge on any atom is 0.254 e. The molecule has 1 aromatic rings. The Morgan fingerprint density at radius 1 is 1.56 bits per heavy atom. The summed E-state index contributed by atoms with van der Waals surface area (Å²) in [5.74, 6) is 0.734. The Bertz CT molecular complexity index is 434. The molecule has 1 fully saturated rings. The van der Waals surface area contributed by atoms with Gasteiger partial charge in [0.2, 0.25) is 0 Å². The van der Waals surface area contributed by atoms with Crippen LogP contribution in [0.15, 0.2) is 18.3 Å². The molecular weight excluding hydrogens is 230 g/mol. The summed E-state index contributed by atoms with van der Waals surface area (Å²) in [6.45, 7) is 1.15. The minimum Gasteiger partial charge on any atom is -0.391 e. The minimum atomic E-state index is -0.391. The van der Waals surface area contributed by atoms with Crippen molar-refractivity contribution in [2.24, 2.45) is 0 Å². The quantitative estimate of drug-likeness (QED) is 0.840. The monoisotopic (exact) mass is 249 g/mol. The van der Waals surface area contributed by atoms with Crippen molar-refractivity contribution in [2.45, 2.75) is 18.9 Å². The molecule has 0 bridgehead atoms. The number of anilines is 1. The molecule has 0 saturated carbocycles. The summed E-state index contributed by atoms with van der Waals surface area (Å²) in [6, 6.07) is 3.50. The predicted molar refractivity (Wildman–Crippen MR) is 69.7 cm³/mol. The molecule has 1 saturated heterocycles. The SMILES string of the molecule is CN(C)c1cc(C(=O)N2CCCC(O)C2)ccn1. The lowest BCUT2D eigenvalue weighted by Gasteiger charge is -2.30. The number of hydrogen-bond acceptors (Lipinski definition) is 4. The third-order valence-electron chi connectivity index (χ3n) is 3.13. The van der Waals surface area contributed by atoms with E-state index in [1.807, 2.05) is 19.0 Å². The average Bonchev–Trinajstić information content (AvgIpc) is 2.38. The van der Waals surface area contributed by atoms with Gasteiger partial charge >= 0.3 is 0 Å². The van der Waals surface area contributed by atoms with Gasteiger partial charge in [0.05, 0.1) is 6.10 Å². The van der Waals surface area contributed by atoms with E-state index in [-0.39, 0.29) is 5.91 Å². The van der Waals surface area contributed by atoms with Crippen molar-refractivity contribution in [3.63, 3.8) is 0 Å². The molecule has 1 unspecified atom stereocenters. The minimum absolute atomic E-state index is 0.0285. The van der Waals surface area contributed by atoms with Crippen LogP contribution in [0.5, 0.6) is 0 Å². The van der Waals surface area contributed by atoms with E-state index in [4.69, 9.17) is 0 Å². The van der Waals surface area contributed by atoms with Crippen molar-refractivity contribution in [3.05, 3.63) is 23.9 Å². The maximum absolute atomic E-state index is 12.3. The van der Waals surface area contributed by atoms with E-state index in [1.165, 1.54) is 0 Å². The first-order chi connectivity index (χ1) is 8.58. The molecule has 0 aliphatic carbocycles. The van der Waals surface area contributed by atoms with E-state index in [0.717, 1.165) is 25.2 Å². The van der Waals surface area contributed by atoms with Gasteiger partial charge < -0.3 is 14.9 Å². The van der Waals surface area contributed by atoms with Gasteiger partial charge in [-0.05, 0) is 25.0 Å². The van der Waals surface area contributed by atoms with Crippen molar-refractivity contribution in [2.75, 3.05) is 32.1 Å². The van der Waals surface area contributed by atoms with E-state index < -0.39 is 6.10 Å². The molecule has 5 nitrogen and oxygen atoms in total. The van der Waals surface area contributed by atoms with Crippen LogP contribution in [0.3, 0.4) is 0 Å². The van der Waals surface area contributed by atoms with Crippen molar-refractivity contribution in [1.82, 2.24) is 9.88 Å². The van der Waals surface area contributed by atoms with E-state index in [2.05, 4.69) is 4.98 Å². The number of likely N-dealkylation sites (tertiary alicyclic amines) is 1. The fourth-order valence-electron chi connectivity index (χ4n) is 2.12. The number of nitrogens with zero attached hydrogens (tertiary/aromatic N) is 3. The number of pyridine rings is 1. The van der Waals surface area contributed by atoms with E-state index in [1.54, 1.807) is 23.2 Å². The van der Waals surface area contributed by atoms with Gasteiger partial charge in [-0.15, -0.1) is 0 Å². The number of hydrogen-bond donors (Lipinski definition) is 1. The van der Waals surface area contributed by atoms with Crippen LogP contribution in [0.1, 0.15) is 23.2 Å². The molecule has 1 atom stereocenters. The second kappa shape index (κ2) is 5.35. The van der Waals surface area contributed by atoms with Crippen molar-refractivity contribution < 1.29 is 9.90 Å². The Labute approximate surface area is 107 Å². The Kier molecular flexibility index (Phi) is 3.81. The molecule has 1 N–H and O–H groups in total. The molecule has 5 heteroatoms. The summed E-state index contributed by atoms with van der Waals surface area (Å²) >= 11 is 0. The van der Waals surface area contributed by atoms with Gasteiger partial charge in [-0.1, -0.05) is 0 Å². The van der Waals surface area contributed by atoms with Crippen LogP contribution < -0.4 is 4.90 Å². The zero-order chi connectivity index (χ0) is 13.1. The van der Waals surface area contributed by atoms with Crippen LogP contribution in [-0.4, -0.2) is 54.2 Å². The number of rotatable bonds is 2. The summed E-state index contributed by atoms with van der Waals surface area (Å²) in [4.78, 5) is 20.0. The van der Waals surface area contributed by atoms with E-state index >= 15 is 0 Å². The Morgan fingerprint density at radius 3 is 3.00 bits per heavy atom. The molecule has 2 heterocycles. The van der Waals surface area contributed by atoms with Gasteiger partial charge in [-0.2, -0.15) is 0 Å². The molecule has 1 amide bonds. The summed E-state index contributed by atoms with van der Waals surface area (Å²) in [7, 11) is 3.78. The largest absolute Gasteiger partial charge is 0.391 e. The van der Waals surface area contributed by atoms with Gasteiger partial charge in [0, 0.05) is 38.9 Å². The summed E-state index contributed by atoms with van der Waals surface area (Å²) < 4.78 is 0. The fraction of sp³-hybridized carbons (Fsp3) is 0.538. The average molecular weight is 249 g/mol. The summed E-state index contributed by atoms with van der Waals surface area (Å²) in [5.41, 5.74) is 0.628. The number of aromatic nitrogens is 1. The number of aliphatic hydroxyl groups excluding tert-OH is 1. The van der Waals surface area contributed by atoms with E-state index in [0.29, 0.717) is 12.1 Å². The molecule has 98 valence electrons. The normalized spacial score (nSPS) is 19.7. The van der Waals surface area contributed by atoms with Gasteiger partial charge in [0.25, 0.3) is 5.91 Å². The predicted octanol–water partition coefficient (Wildman–Crippen LogP) is 0.744. The second-order valence-corrected chi connectivity index (χ2v) is 4.84. The Hall–Kier alpha value is -1.62. The first-order valence-electron chi connectivity index (χ1n) is 6.18. The number of piperidine rings is 1. The highest BCUT2D eigenvalue weighted by molar-refractivity contribution is 5.94. The zero-order valence-electron chi connectivity index (χ0n) is 10.8. The van der Waals surface area contributed by atoms with Crippen LogP contribution in [0, 0.1) is 0 Å². The number of amides is 1. The number of carbonyl (C=O) groups excluding carboxylic acids is 1. The first kappa shape index (κ1) is 12.8. The molecule has 1 aliphatic rings.